The molecular weight excluding hydrogens is 118 g/mol. The highest BCUT2D eigenvalue weighted by Crippen LogP contribution is 1.93. The molecule has 3 nitrogen and oxygen atoms in total. The van der Waals surface area contributed by atoms with Crippen LogP contribution in [0.2, 0.25) is 0 Å². The third-order valence-electron chi connectivity index (χ3n) is 0.666. The quantitative estimate of drug-likeness (QED) is 0.518. The molecular formula is C6H14NO2+. The van der Waals surface area contributed by atoms with E-state index < -0.39 is 0 Å². The minimum Gasteiger partial charge on any atom is -0.459 e. The van der Waals surface area contributed by atoms with E-state index in [0.29, 0.717) is 6.61 Å². The van der Waals surface area contributed by atoms with E-state index in [4.69, 9.17) is 4.74 Å². The Kier molecular flexibility index (Phi) is 2.65. The van der Waals surface area contributed by atoms with Crippen LogP contribution in [0.1, 0.15) is 20.8 Å². The van der Waals surface area contributed by atoms with Crippen molar-refractivity contribution in [3.63, 3.8) is 0 Å². The maximum Gasteiger partial charge on any atom is 0.302 e. The molecule has 0 aromatic rings. The van der Waals surface area contributed by atoms with Gasteiger partial charge in [-0.05, 0) is 13.8 Å². The molecule has 0 rings (SSSR count). The van der Waals surface area contributed by atoms with Crippen LogP contribution in [0.4, 0.5) is 0 Å². The summed E-state index contributed by atoms with van der Waals surface area (Å²) in [6.07, 6.45) is 0. The molecule has 0 aromatic carbocycles. The van der Waals surface area contributed by atoms with E-state index >= 15 is 0 Å². The SMILES string of the molecule is CC(=O)OCC(C)(C)[NH3+]. The largest absolute Gasteiger partial charge is 0.459 e. The highest BCUT2D eigenvalue weighted by Gasteiger charge is 2.15. The summed E-state index contributed by atoms with van der Waals surface area (Å²) in [4.78, 5) is 10.2. The van der Waals surface area contributed by atoms with Gasteiger partial charge in [-0.2, -0.15) is 0 Å². The van der Waals surface area contributed by atoms with E-state index in [0.717, 1.165) is 0 Å². The number of carbonyl (C=O) groups is 1. The van der Waals surface area contributed by atoms with Gasteiger partial charge >= 0.3 is 5.97 Å². The summed E-state index contributed by atoms with van der Waals surface area (Å²) in [5.74, 6) is -0.244. The van der Waals surface area contributed by atoms with Gasteiger partial charge in [-0.1, -0.05) is 0 Å². The van der Waals surface area contributed by atoms with Crippen molar-refractivity contribution >= 4 is 5.97 Å². The van der Waals surface area contributed by atoms with E-state index in [2.05, 4.69) is 5.73 Å². The van der Waals surface area contributed by atoms with E-state index in [1.165, 1.54) is 6.92 Å². The van der Waals surface area contributed by atoms with E-state index in [9.17, 15) is 4.79 Å². The molecule has 3 heteroatoms. The number of rotatable bonds is 2. The number of hydrogen-bond acceptors (Lipinski definition) is 2. The first-order chi connectivity index (χ1) is 3.92. The maximum absolute atomic E-state index is 10.2. The standard InChI is InChI=1S/C6H13NO2/c1-5(8)9-4-6(2,3)7/h4,7H2,1-3H3/p+1. The van der Waals surface area contributed by atoms with Crippen LogP contribution in [0, 0.1) is 0 Å². The molecule has 0 aliphatic carbocycles. The summed E-state index contributed by atoms with van der Waals surface area (Å²) in [7, 11) is 0. The summed E-state index contributed by atoms with van der Waals surface area (Å²) in [6, 6.07) is 0. The molecule has 54 valence electrons. The summed E-state index contributed by atoms with van der Waals surface area (Å²) in [5, 5.41) is 0. The normalized spacial score (nSPS) is 11.1. The van der Waals surface area contributed by atoms with E-state index in [1.807, 2.05) is 13.8 Å². The van der Waals surface area contributed by atoms with Gasteiger partial charge in [0, 0.05) is 6.92 Å². The molecule has 0 atom stereocenters. The highest BCUT2D eigenvalue weighted by molar-refractivity contribution is 5.65. The molecule has 0 unspecified atom stereocenters. The van der Waals surface area contributed by atoms with Gasteiger partial charge in [0.05, 0.1) is 0 Å². The zero-order valence-electron chi connectivity index (χ0n) is 6.23. The van der Waals surface area contributed by atoms with Crippen molar-refractivity contribution in [1.82, 2.24) is 0 Å². The van der Waals surface area contributed by atoms with E-state index in [1.54, 1.807) is 0 Å². The number of esters is 1. The second kappa shape index (κ2) is 2.82. The van der Waals surface area contributed by atoms with Gasteiger partial charge in [0.15, 0.2) is 0 Å². The molecule has 0 radical (unpaired) electrons. The first-order valence-corrected chi connectivity index (χ1v) is 2.90. The third kappa shape index (κ3) is 7.43. The lowest BCUT2D eigenvalue weighted by molar-refractivity contribution is -0.470. The topological polar surface area (TPSA) is 53.9 Å². The van der Waals surface area contributed by atoms with Crippen LogP contribution in [0.15, 0.2) is 0 Å². The minimum atomic E-state index is -0.244. The summed E-state index contributed by atoms with van der Waals surface area (Å²) >= 11 is 0. The van der Waals surface area contributed by atoms with Gasteiger partial charge in [-0.25, -0.2) is 0 Å². The average Bonchev–Trinajstić information content (AvgIpc) is 1.59. The average molecular weight is 132 g/mol. The highest BCUT2D eigenvalue weighted by atomic mass is 16.5. The van der Waals surface area contributed by atoms with Crippen LogP contribution >= 0.6 is 0 Å². The fourth-order valence-electron chi connectivity index (χ4n) is 0.297. The number of carbonyl (C=O) groups excluding carboxylic acids is 1. The molecule has 0 bridgehead atoms. The molecule has 0 saturated heterocycles. The summed E-state index contributed by atoms with van der Waals surface area (Å²) in [6.45, 7) is 5.61. The minimum absolute atomic E-state index is 0.161. The summed E-state index contributed by atoms with van der Waals surface area (Å²) in [5.41, 5.74) is 3.60. The van der Waals surface area contributed by atoms with Crippen LogP contribution in [0.3, 0.4) is 0 Å². The fraction of sp³-hybridized carbons (Fsp3) is 0.833. The zero-order valence-corrected chi connectivity index (χ0v) is 6.23. The fourth-order valence-corrected chi connectivity index (χ4v) is 0.297. The third-order valence-corrected chi connectivity index (χ3v) is 0.666. The number of ether oxygens (including phenoxy) is 1. The van der Waals surface area contributed by atoms with Crippen LogP contribution in [-0.4, -0.2) is 18.1 Å². The molecule has 9 heavy (non-hydrogen) atoms. The van der Waals surface area contributed by atoms with Gasteiger partial charge < -0.3 is 10.5 Å². The molecule has 0 saturated carbocycles. The Morgan fingerprint density at radius 2 is 2.11 bits per heavy atom. The van der Waals surface area contributed by atoms with Crippen LogP contribution < -0.4 is 5.73 Å². The molecule has 0 aromatic heterocycles. The van der Waals surface area contributed by atoms with Gasteiger partial charge in [-0.3, -0.25) is 4.79 Å². The number of hydrogen-bond donors (Lipinski definition) is 1. The number of quaternary nitrogens is 1. The molecule has 0 aliphatic rings. The Hall–Kier alpha value is -0.570. The van der Waals surface area contributed by atoms with Crippen LogP contribution in [-0.2, 0) is 9.53 Å². The Morgan fingerprint density at radius 3 is 2.22 bits per heavy atom. The van der Waals surface area contributed by atoms with Gasteiger partial charge in [0.2, 0.25) is 0 Å². The van der Waals surface area contributed by atoms with Crippen LogP contribution in [0.25, 0.3) is 0 Å². The maximum atomic E-state index is 10.2. The van der Waals surface area contributed by atoms with Gasteiger partial charge in [0.1, 0.15) is 12.1 Å². The predicted molar refractivity (Wildman–Crippen MR) is 33.6 cm³/mol. The molecule has 3 N–H and O–H groups in total. The Balaban J connectivity index is 3.39. The molecule has 0 amide bonds. The lowest BCUT2D eigenvalue weighted by atomic mass is 10.1. The van der Waals surface area contributed by atoms with Crippen molar-refractivity contribution in [3.05, 3.63) is 0 Å². The molecule has 0 spiro atoms. The lowest BCUT2D eigenvalue weighted by Crippen LogP contribution is -2.71. The predicted octanol–water partition coefficient (Wildman–Crippen LogP) is -0.430. The van der Waals surface area contributed by atoms with E-state index in [-0.39, 0.29) is 11.5 Å². The smallest absolute Gasteiger partial charge is 0.302 e. The second-order valence-electron chi connectivity index (χ2n) is 2.94. The van der Waals surface area contributed by atoms with Crippen molar-refractivity contribution in [3.8, 4) is 0 Å². The van der Waals surface area contributed by atoms with Crippen molar-refractivity contribution in [2.75, 3.05) is 6.61 Å². The van der Waals surface area contributed by atoms with Crippen molar-refractivity contribution in [1.29, 1.82) is 0 Å². The molecule has 0 fully saturated rings. The Bertz CT molecular complexity index is 104. The molecule has 0 aliphatic heterocycles. The van der Waals surface area contributed by atoms with Gasteiger partial charge in [-0.15, -0.1) is 0 Å². The zero-order chi connectivity index (χ0) is 7.49. The second-order valence-corrected chi connectivity index (χ2v) is 2.94. The molecule has 0 heterocycles. The summed E-state index contributed by atoms with van der Waals surface area (Å²) < 4.78 is 4.70. The Morgan fingerprint density at radius 1 is 1.67 bits per heavy atom. The lowest BCUT2D eigenvalue weighted by Gasteiger charge is -2.13. The van der Waals surface area contributed by atoms with Gasteiger partial charge in [0.25, 0.3) is 0 Å². The van der Waals surface area contributed by atoms with Crippen molar-refractivity contribution in [2.45, 2.75) is 26.3 Å². The Labute approximate surface area is 55.2 Å². The first-order valence-electron chi connectivity index (χ1n) is 2.90. The van der Waals surface area contributed by atoms with Crippen molar-refractivity contribution < 1.29 is 15.3 Å². The van der Waals surface area contributed by atoms with Crippen molar-refractivity contribution in [2.24, 2.45) is 0 Å². The first kappa shape index (κ1) is 8.43. The van der Waals surface area contributed by atoms with Crippen LogP contribution in [0.5, 0.6) is 0 Å². The monoisotopic (exact) mass is 132 g/mol.